The molecule has 0 bridgehead atoms. The number of ether oxygens (including phenoxy) is 2. The number of piperidine rings is 1. The predicted octanol–water partition coefficient (Wildman–Crippen LogP) is 3.86. The molecule has 1 aliphatic carbocycles. The minimum atomic E-state index is -1.55. The number of nitrogen functional groups attached to an aromatic ring is 1. The summed E-state index contributed by atoms with van der Waals surface area (Å²) in [5.74, 6) is 1.13. The van der Waals surface area contributed by atoms with Crippen LogP contribution in [0.5, 0.6) is 17.2 Å². The molecule has 0 saturated carbocycles. The number of anilines is 1. The molecule has 3 aromatic carbocycles. The van der Waals surface area contributed by atoms with Crippen LogP contribution in [0, 0.1) is 6.92 Å². The zero-order valence-corrected chi connectivity index (χ0v) is 23.8. The van der Waals surface area contributed by atoms with E-state index in [0.717, 1.165) is 31.5 Å². The monoisotopic (exact) mass is 571 g/mol. The van der Waals surface area contributed by atoms with Crippen molar-refractivity contribution in [2.75, 3.05) is 25.9 Å². The SMILES string of the molecule is COc1ccccc1Oc1ccc(C2(N)C(=O)C(N)c3c(C(=O)NC4CCNCC4)sc4c(N)ccc2c34)c(C)c1. The molecule has 1 amide bonds. The van der Waals surface area contributed by atoms with Crippen LogP contribution in [-0.4, -0.2) is 37.9 Å². The number of aryl methyl sites for hydroxylation is 1. The molecule has 212 valence electrons. The van der Waals surface area contributed by atoms with E-state index in [1.165, 1.54) is 11.3 Å². The van der Waals surface area contributed by atoms with Crippen molar-refractivity contribution in [2.24, 2.45) is 11.5 Å². The van der Waals surface area contributed by atoms with Gasteiger partial charge in [-0.25, -0.2) is 0 Å². The normalized spacial score (nSPS) is 20.7. The van der Waals surface area contributed by atoms with Crippen molar-refractivity contribution in [3.05, 3.63) is 81.7 Å². The van der Waals surface area contributed by atoms with E-state index in [-0.39, 0.29) is 17.7 Å². The Morgan fingerprint density at radius 3 is 2.49 bits per heavy atom. The van der Waals surface area contributed by atoms with Crippen LogP contribution in [0.2, 0.25) is 0 Å². The summed E-state index contributed by atoms with van der Waals surface area (Å²) in [6.07, 6.45) is 1.68. The Balaban J connectivity index is 1.43. The zero-order chi connectivity index (χ0) is 28.9. The molecule has 1 saturated heterocycles. The Morgan fingerprint density at radius 1 is 1.07 bits per heavy atom. The lowest BCUT2D eigenvalue weighted by Crippen LogP contribution is -2.53. The van der Waals surface area contributed by atoms with Crippen LogP contribution in [0.15, 0.2) is 54.6 Å². The molecule has 10 heteroatoms. The van der Waals surface area contributed by atoms with Crippen molar-refractivity contribution < 1.29 is 19.1 Å². The van der Waals surface area contributed by atoms with E-state index in [1.807, 2.05) is 37.3 Å². The highest BCUT2D eigenvalue weighted by Crippen LogP contribution is 2.50. The Labute approximate surface area is 242 Å². The van der Waals surface area contributed by atoms with Crippen LogP contribution in [0.1, 0.15) is 50.8 Å². The summed E-state index contributed by atoms with van der Waals surface area (Å²) in [6, 6.07) is 15.3. The first-order valence-corrected chi connectivity index (χ1v) is 14.4. The average Bonchev–Trinajstić information content (AvgIpc) is 3.38. The fourth-order valence-corrected chi connectivity index (χ4v) is 7.22. The molecular formula is C31H33N5O4S. The first kappa shape index (κ1) is 27.2. The van der Waals surface area contributed by atoms with Gasteiger partial charge in [-0.2, -0.15) is 0 Å². The van der Waals surface area contributed by atoms with Gasteiger partial charge in [0, 0.05) is 22.7 Å². The maximum absolute atomic E-state index is 14.1. The van der Waals surface area contributed by atoms with Crippen LogP contribution >= 0.6 is 11.3 Å². The lowest BCUT2D eigenvalue weighted by atomic mass is 9.69. The van der Waals surface area contributed by atoms with Gasteiger partial charge in [0.2, 0.25) is 0 Å². The van der Waals surface area contributed by atoms with Crippen molar-refractivity contribution in [3.8, 4) is 17.2 Å². The summed E-state index contributed by atoms with van der Waals surface area (Å²) < 4.78 is 12.2. The molecule has 2 atom stereocenters. The topological polar surface area (TPSA) is 155 Å². The first-order chi connectivity index (χ1) is 19.7. The molecule has 41 heavy (non-hydrogen) atoms. The molecule has 0 radical (unpaired) electrons. The highest BCUT2D eigenvalue weighted by molar-refractivity contribution is 7.21. The van der Waals surface area contributed by atoms with Crippen molar-refractivity contribution in [1.82, 2.24) is 10.6 Å². The first-order valence-electron chi connectivity index (χ1n) is 13.6. The minimum absolute atomic E-state index is 0.0568. The predicted molar refractivity (Wildman–Crippen MR) is 161 cm³/mol. The van der Waals surface area contributed by atoms with Gasteiger partial charge in [0.15, 0.2) is 17.3 Å². The second kappa shape index (κ2) is 10.5. The van der Waals surface area contributed by atoms with E-state index in [1.54, 1.807) is 31.4 Å². The fourth-order valence-electron chi connectivity index (χ4n) is 6.02. The van der Waals surface area contributed by atoms with Gasteiger partial charge in [0.1, 0.15) is 11.3 Å². The highest BCUT2D eigenvalue weighted by Gasteiger charge is 2.49. The fraction of sp³-hybridized carbons (Fsp3) is 0.290. The number of methoxy groups -OCH3 is 1. The summed E-state index contributed by atoms with van der Waals surface area (Å²) in [5.41, 5.74) is 21.5. The van der Waals surface area contributed by atoms with E-state index in [9.17, 15) is 9.59 Å². The van der Waals surface area contributed by atoms with Crippen molar-refractivity contribution in [2.45, 2.75) is 37.4 Å². The molecule has 2 aliphatic rings. The van der Waals surface area contributed by atoms with Gasteiger partial charge in [-0.05, 0) is 79.9 Å². The number of hydrogen-bond acceptors (Lipinski definition) is 9. The number of carbonyl (C=O) groups is 2. The van der Waals surface area contributed by atoms with Gasteiger partial charge in [0.05, 0.1) is 22.7 Å². The van der Waals surface area contributed by atoms with Crippen molar-refractivity contribution in [1.29, 1.82) is 0 Å². The number of rotatable bonds is 6. The summed E-state index contributed by atoms with van der Waals surface area (Å²) in [6.45, 7) is 3.57. The van der Waals surface area contributed by atoms with Crippen LogP contribution in [0.25, 0.3) is 10.1 Å². The van der Waals surface area contributed by atoms with E-state index in [2.05, 4.69) is 10.6 Å². The number of nitrogens with two attached hydrogens (primary N) is 3. The third kappa shape index (κ3) is 4.43. The average molecular weight is 572 g/mol. The Bertz CT molecular complexity index is 1680. The molecule has 1 aliphatic heterocycles. The molecule has 4 aromatic rings. The second-order valence-electron chi connectivity index (χ2n) is 10.6. The maximum atomic E-state index is 14.1. The number of nitrogens with one attached hydrogen (secondary N) is 2. The molecule has 6 rings (SSSR count). The van der Waals surface area contributed by atoms with Crippen LogP contribution in [0.3, 0.4) is 0 Å². The number of carbonyl (C=O) groups excluding carboxylic acids is 2. The van der Waals surface area contributed by atoms with Crippen LogP contribution < -0.4 is 37.3 Å². The van der Waals surface area contributed by atoms with Gasteiger partial charge in [-0.3, -0.25) is 9.59 Å². The number of para-hydroxylation sites is 2. The second-order valence-corrected chi connectivity index (χ2v) is 11.6. The standard InChI is InChI=1S/C31H33N5O4S/c1-16-15-18(40-23-6-4-3-5-22(23)39-2)7-8-19(16)31(34)20-9-10-21(32)27-24(20)25(26(33)29(31)37)28(41-27)30(38)36-17-11-13-35-14-12-17/h3-10,15,17,26,35H,11-14,32-34H2,1-2H3,(H,36,38). The molecule has 1 fully saturated rings. The summed E-state index contributed by atoms with van der Waals surface area (Å²) in [4.78, 5) is 28.1. The summed E-state index contributed by atoms with van der Waals surface area (Å²) in [7, 11) is 1.58. The Kier molecular flexibility index (Phi) is 6.95. The van der Waals surface area contributed by atoms with Crippen molar-refractivity contribution >= 4 is 38.8 Å². The molecule has 1 aromatic heterocycles. The quantitative estimate of drug-likeness (QED) is 0.219. The molecule has 9 nitrogen and oxygen atoms in total. The summed E-state index contributed by atoms with van der Waals surface area (Å²) >= 11 is 1.27. The Morgan fingerprint density at radius 2 is 1.78 bits per heavy atom. The van der Waals surface area contributed by atoms with Crippen molar-refractivity contribution in [3.63, 3.8) is 0 Å². The number of amides is 1. The molecule has 2 unspecified atom stereocenters. The third-order valence-corrected chi connectivity index (χ3v) is 9.37. The molecule has 2 heterocycles. The lowest BCUT2D eigenvalue weighted by Gasteiger charge is -2.37. The van der Waals surface area contributed by atoms with E-state index in [0.29, 0.717) is 54.6 Å². The van der Waals surface area contributed by atoms with E-state index in [4.69, 9.17) is 26.7 Å². The van der Waals surface area contributed by atoms with Gasteiger partial charge < -0.3 is 37.3 Å². The van der Waals surface area contributed by atoms with Crippen LogP contribution in [-0.2, 0) is 10.3 Å². The lowest BCUT2D eigenvalue weighted by molar-refractivity contribution is -0.124. The maximum Gasteiger partial charge on any atom is 0.261 e. The van der Waals surface area contributed by atoms with E-state index < -0.39 is 11.6 Å². The smallest absolute Gasteiger partial charge is 0.261 e. The van der Waals surface area contributed by atoms with E-state index >= 15 is 0 Å². The largest absolute Gasteiger partial charge is 0.493 e. The van der Waals surface area contributed by atoms with Gasteiger partial charge in [-0.15, -0.1) is 11.3 Å². The molecule has 8 N–H and O–H groups in total. The molecule has 0 spiro atoms. The summed E-state index contributed by atoms with van der Waals surface area (Å²) in [5, 5.41) is 7.12. The minimum Gasteiger partial charge on any atom is -0.493 e. The highest BCUT2D eigenvalue weighted by atomic mass is 32.1. The third-order valence-electron chi connectivity index (χ3n) is 8.11. The van der Waals surface area contributed by atoms with Gasteiger partial charge in [-0.1, -0.05) is 24.3 Å². The number of Topliss-reactive ketones (excluding diaryl/α,β-unsaturated/α-hetero) is 1. The number of hydrogen-bond donors (Lipinski definition) is 5. The van der Waals surface area contributed by atoms with Gasteiger partial charge in [0.25, 0.3) is 5.91 Å². The number of ketones is 1. The zero-order valence-electron chi connectivity index (χ0n) is 23.0. The number of benzene rings is 3. The van der Waals surface area contributed by atoms with Crippen LogP contribution in [0.4, 0.5) is 5.69 Å². The Hall–Kier alpha value is -3.96. The molecular weight excluding hydrogens is 538 g/mol. The number of thiophene rings is 1. The van der Waals surface area contributed by atoms with Gasteiger partial charge >= 0.3 is 0 Å².